The summed E-state index contributed by atoms with van der Waals surface area (Å²) in [6, 6.07) is 9.23. The summed E-state index contributed by atoms with van der Waals surface area (Å²) in [6.07, 6.45) is 4.77. The van der Waals surface area contributed by atoms with Crippen molar-refractivity contribution in [3.05, 3.63) is 35.4 Å². The molecular weight excluding hydrogens is 198 g/mol. The van der Waals surface area contributed by atoms with Crippen LogP contribution in [0.3, 0.4) is 0 Å². The molecule has 1 fully saturated rings. The molecular formula is C14H19NO. The summed E-state index contributed by atoms with van der Waals surface area (Å²) in [6.45, 7) is 1.32. The van der Waals surface area contributed by atoms with Gasteiger partial charge in [0.2, 0.25) is 0 Å². The Kier molecular flexibility index (Phi) is 2.49. The Hall–Kier alpha value is -0.860. The first-order valence-electron chi connectivity index (χ1n) is 6.25. The lowest BCUT2D eigenvalue weighted by Gasteiger charge is -2.18. The highest BCUT2D eigenvalue weighted by Crippen LogP contribution is 2.45. The number of aliphatic hydroxyl groups excluding tert-OH is 1. The van der Waals surface area contributed by atoms with Crippen molar-refractivity contribution in [2.75, 3.05) is 13.2 Å². The molecule has 2 aliphatic rings. The molecule has 1 aromatic rings. The zero-order chi connectivity index (χ0) is 11.0. The number of benzene rings is 1. The SMILES string of the molecule is OCC1(CNC2CCc3ccccc32)CC1. The number of nitrogens with one attached hydrogen (secondary N) is 1. The lowest BCUT2D eigenvalue weighted by atomic mass is 10.1. The van der Waals surface area contributed by atoms with Crippen molar-refractivity contribution in [1.29, 1.82) is 0 Å². The first-order valence-corrected chi connectivity index (χ1v) is 6.25. The summed E-state index contributed by atoms with van der Waals surface area (Å²) in [4.78, 5) is 0. The Morgan fingerprint density at radius 3 is 2.88 bits per heavy atom. The Morgan fingerprint density at radius 1 is 1.31 bits per heavy atom. The zero-order valence-electron chi connectivity index (χ0n) is 9.58. The number of rotatable bonds is 4. The Labute approximate surface area is 96.7 Å². The average molecular weight is 217 g/mol. The van der Waals surface area contributed by atoms with E-state index in [0.29, 0.717) is 12.6 Å². The summed E-state index contributed by atoms with van der Waals surface area (Å²) < 4.78 is 0. The van der Waals surface area contributed by atoms with Crippen LogP contribution in [-0.2, 0) is 6.42 Å². The van der Waals surface area contributed by atoms with Crippen LogP contribution in [0.25, 0.3) is 0 Å². The molecule has 1 atom stereocenters. The zero-order valence-corrected chi connectivity index (χ0v) is 9.58. The molecule has 0 aliphatic heterocycles. The van der Waals surface area contributed by atoms with Crippen molar-refractivity contribution in [3.8, 4) is 0 Å². The van der Waals surface area contributed by atoms with E-state index in [2.05, 4.69) is 29.6 Å². The molecule has 0 aromatic heterocycles. The Bertz CT molecular complexity index is 384. The summed E-state index contributed by atoms with van der Waals surface area (Å²) >= 11 is 0. The molecule has 2 nitrogen and oxygen atoms in total. The van der Waals surface area contributed by atoms with Crippen molar-refractivity contribution in [2.45, 2.75) is 31.7 Å². The largest absolute Gasteiger partial charge is 0.396 e. The van der Waals surface area contributed by atoms with E-state index < -0.39 is 0 Å². The molecule has 1 aromatic carbocycles. The minimum atomic E-state index is 0.220. The third kappa shape index (κ3) is 1.76. The third-order valence-corrected chi connectivity index (χ3v) is 4.15. The van der Waals surface area contributed by atoms with Crippen molar-refractivity contribution >= 4 is 0 Å². The highest BCUT2D eigenvalue weighted by Gasteiger charge is 2.42. The molecule has 0 bridgehead atoms. The van der Waals surface area contributed by atoms with Crippen molar-refractivity contribution in [2.24, 2.45) is 5.41 Å². The van der Waals surface area contributed by atoms with Gasteiger partial charge in [-0.1, -0.05) is 24.3 Å². The van der Waals surface area contributed by atoms with Gasteiger partial charge in [0.05, 0.1) is 0 Å². The van der Waals surface area contributed by atoms with E-state index in [-0.39, 0.29) is 5.41 Å². The van der Waals surface area contributed by atoms with Gasteiger partial charge in [-0.05, 0) is 36.8 Å². The van der Waals surface area contributed by atoms with Gasteiger partial charge in [-0.15, -0.1) is 0 Å². The maximum Gasteiger partial charge on any atom is 0.0499 e. The van der Waals surface area contributed by atoms with Crippen molar-refractivity contribution < 1.29 is 5.11 Å². The molecule has 3 rings (SSSR count). The number of fused-ring (bicyclic) bond motifs is 1. The van der Waals surface area contributed by atoms with Crippen LogP contribution in [0.5, 0.6) is 0 Å². The second-order valence-electron chi connectivity index (χ2n) is 5.33. The van der Waals surface area contributed by atoms with Crippen LogP contribution >= 0.6 is 0 Å². The second-order valence-corrected chi connectivity index (χ2v) is 5.33. The van der Waals surface area contributed by atoms with Gasteiger partial charge in [-0.2, -0.15) is 0 Å². The summed E-state index contributed by atoms with van der Waals surface area (Å²) in [5.41, 5.74) is 3.18. The summed E-state index contributed by atoms with van der Waals surface area (Å²) in [5, 5.41) is 12.9. The maximum absolute atomic E-state index is 9.29. The molecule has 0 heterocycles. The molecule has 1 unspecified atom stereocenters. The van der Waals surface area contributed by atoms with Crippen LogP contribution in [0, 0.1) is 5.41 Å². The third-order valence-electron chi connectivity index (χ3n) is 4.15. The van der Waals surface area contributed by atoms with Gasteiger partial charge in [0, 0.05) is 24.6 Å². The predicted octanol–water partition coefficient (Wildman–Crippen LogP) is 2.04. The molecule has 0 spiro atoms. The van der Waals surface area contributed by atoms with Crippen molar-refractivity contribution in [1.82, 2.24) is 5.32 Å². The fourth-order valence-electron chi connectivity index (χ4n) is 2.68. The fourth-order valence-corrected chi connectivity index (χ4v) is 2.68. The lowest BCUT2D eigenvalue weighted by Crippen LogP contribution is -2.29. The first kappa shape index (κ1) is 10.3. The van der Waals surface area contributed by atoms with Gasteiger partial charge in [0.25, 0.3) is 0 Å². The summed E-state index contributed by atoms with van der Waals surface area (Å²) in [5.74, 6) is 0. The van der Waals surface area contributed by atoms with E-state index in [9.17, 15) is 5.11 Å². The van der Waals surface area contributed by atoms with Crippen LogP contribution < -0.4 is 5.32 Å². The topological polar surface area (TPSA) is 32.3 Å². The lowest BCUT2D eigenvalue weighted by molar-refractivity contribution is 0.204. The van der Waals surface area contributed by atoms with Gasteiger partial charge in [0.15, 0.2) is 0 Å². The van der Waals surface area contributed by atoms with Crippen molar-refractivity contribution in [3.63, 3.8) is 0 Å². The van der Waals surface area contributed by atoms with Crippen LogP contribution in [0.1, 0.15) is 36.4 Å². The summed E-state index contributed by atoms with van der Waals surface area (Å²) in [7, 11) is 0. The minimum absolute atomic E-state index is 0.220. The van der Waals surface area contributed by atoms with E-state index >= 15 is 0 Å². The standard InChI is InChI=1S/C14H19NO/c16-10-14(7-8-14)9-15-13-6-5-11-3-1-2-4-12(11)13/h1-4,13,15-16H,5-10H2. The average Bonchev–Trinajstić information content (AvgIpc) is 3.01. The Balaban J connectivity index is 1.65. The minimum Gasteiger partial charge on any atom is -0.396 e. The molecule has 2 heteroatoms. The quantitative estimate of drug-likeness (QED) is 0.809. The van der Waals surface area contributed by atoms with E-state index in [4.69, 9.17) is 0 Å². The molecule has 16 heavy (non-hydrogen) atoms. The molecule has 0 radical (unpaired) electrons. The van der Waals surface area contributed by atoms with E-state index in [0.717, 1.165) is 6.54 Å². The van der Waals surface area contributed by atoms with Gasteiger partial charge < -0.3 is 10.4 Å². The molecule has 2 N–H and O–H groups in total. The highest BCUT2D eigenvalue weighted by molar-refractivity contribution is 5.34. The Morgan fingerprint density at radius 2 is 2.12 bits per heavy atom. The predicted molar refractivity (Wildman–Crippen MR) is 64.3 cm³/mol. The van der Waals surface area contributed by atoms with E-state index in [1.54, 1.807) is 0 Å². The van der Waals surface area contributed by atoms with Gasteiger partial charge in [-0.3, -0.25) is 0 Å². The molecule has 86 valence electrons. The van der Waals surface area contributed by atoms with Gasteiger partial charge in [0.1, 0.15) is 0 Å². The number of hydrogen-bond acceptors (Lipinski definition) is 2. The molecule has 1 saturated carbocycles. The maximum atomic E-state index is 9.29. The number of aliphatic hydroxyl groups is 1. The fraction of sp³-hybridized carbons (Fsp3) is 0.571. The monoisotopic (exact) mass is 217 g/mol. The van der Waals surface area contributed by atoms with Crippen LogP contribution in [0.15, 0.2) is 24.3 Å². The first-order chi connectivity index (χ1) is 7.83. The van der Waals surface area contributed by atoms with Gasteiger partial charge in [-0.25, -0.2) is 0 Å². The van der Waals surface area contributed by atoms with Crippen LogP contribution in [-0.4, -0.2) is 18.3 Å². The van der Waals surface area contributed by atoms with Crippen LogP contribution in [0.2, 0.25) is 0 Å². The second kappa shape index (κ2) is 3.86. The molecule has 0 amide bonds. The number of aryl methyl sites for hydroxylation is 1. The van der Waals surface area contributed by atoms with E-state index in [1.165, 1.54) is 36.8 Å². The highest BCUT2D eigenvalue weighted by atomic mass is 16.3. The smallest absolute Gasteiger partial charge is 0.0499 e. The molecule has 2 aliphatic carbocycles. The van der Waals surface area contributed by atoms with Crippen LogP contribution in [0.4, 0.5) is 0 Å². The molecule has 0 saturated heterocycles. The number of hydrogen-bond donors (Lipinski definition) is 2. The van der Waals surface area contributed by atoms with Gasteiger partial charge >= 0.3 is 0 Å². The normalized spacial score (nSPS) is 25.4. The van der Waals surface area contributed by atoms with E-state index in [1.807, 2.05) is 0 Å².